The predicted molar refractivity (Wildman–Crippen MR) is 71.1 cm³/mol. The van der Waals surface area contributed by atoms with Gasteiger partial charge in [-0.05, 0) is 17.7 Å². The van der Waals surface area contributed by atoms with E-state index in [1.165, 1.54) is 6.20 Å². The normalized spacial score (nSPS) is 12.4. The van der Waals surface area contributed by atoms with Gasteiger partial charge in [0.1, 0.15) is 5.82 Å². The first-order valence-electron chi connectivity index (χ1n) is 5.00. The zero-order valence-electron chi connectivity index (χ0n) is 8.90. The number of hydrogen-bond acceptors (Lipinski definition) is 3. The maximum absolute atomic E-state index is 6.12. The average molecular weight is 268 g/mol. The Morgan fingerprint density at radius 1 is 1.12 bits per heavy atom. The molecule has 4 N–H and O–H groups in total. The van der Waals surface area contributed by atoms with Gasteiger partial charge in [0.05, 0.1) is 11.1 Å². The summed E-state index contributed by atoms with van der Waals surface area (Å²) in [5.74, 6) is 0.363. The Kier molecular flexibility index (Phi) is 3.52. The summed E-state index contributed by atoms with van der Waals surface area (Å²) in [5.41, 5.74) is 13.4. The van der Waals surface area contributed by atoms with Crippen molar-refractivity contribution >= 4 is 29.0 Å². The van der Waals surface area contributed by atoms with Gasteiger partial charge in [-0.2, -0.15) is 0 Å². The molecule has 3 nitrogen and oxygen atoms in total. The second-order valence-corrected chi connectivity index (χ2v) is 4.47. The Balaban J connectivity index is 2.47. The van der Waals surface area contributed by atoms with Crippen molar-refractivity contribution < 1.29 is 0 Å². The molecule has 0 radical (unpaired) electrons. The number of pyridine rings is 1. The molecule has 17 heavy (non-hydrogen) atoms. The molecule has 0 fully saturated rings. The summed E-state index contributed by atoms with van der Waals surface area (Å²) in [6, 6.07) is 8.62. The highest BCUT2D eigenvalue weighted by atomic mass is 35.5. The van der Waals surface area contributed by atoms with Gasteiger partial charge in [0.2, 0.25) is 0 Å². The molecule has 0 saturated carbocycles. The first kappa shape index (κ1) is 12.2. The summed E-state index contributed by atoms with van der Waals surface area (Å²) in [7, 11) is 0. The molecule has 0 aliphatic rings. The molecule has 2 aromatic rings. The van der Waals surface area contributed by atoms with Crippen LogP contribution in [-0.2, 0) is 0 Å². The van der Waals surface area contributed by atoms with Crippen LogP contribution in [0.15, 0.2) is 36.5 Å². The zero-order valence-corrected chi connectivity index (χ0v) is 10.4. The van der Waals surface area contributed by atoms with Crippen molar-refractivity contribution in [1.29, 1.82) is 0 Å². The Hall–Kier alpha value is -1.29. The highest BCUT2D eigenvalue weighted by Gasteiger charge is 2.15. The van der Waals surface area contributed by atoms with Crippen molar-refractivity contribution in [2.45, 2.75) is 6.04 Å². The van der Waals surface area contributed by atoms with Gasteiger partial charge in [0.25, 0.3) is 0 Å². The second kappa shape index (κ2) is 4.92. The van der Waals surface area contributed by atoms with Crippen LogP contribution in [0.25, 0.3) is 0 Å². The lowest BCUT2D eigenvalue weighted by molar-refractivity contribution is 0.868. The van der Waals surface area contributed by atoms with Crippen LogP contribution in [0.1, 0.15) is 17.2 Å². The lowest BCUT2D eigenvalue weighted by Crippen LogP contribution is -2.15. The Bertz CT molecular complexity index is 543. The van der Waals surface area contributed by atoms with E-state index in [1.54, 1.807) is 12.1 Å². The van der Waals surface area contributed by atoms with Gasteiger partial charge >= 0.3 is 0 Å². The van der Waals surface area contributed by atoms with Crippen molar-refractivity contribution in [2.24, 2.45) is 5.73 Å². The van der Waals surface area contributed by atoms with Crippen LogP contribution >= 0.6 is 23.2 Å². The van der Waals surface area contributed by atoms with Crippen molar-refractivity contribution in [3.05, 3.63) is 57.7 Å². The van der Waals surface area contributed by atoms with Crippen LogP contribution in [0, 0.1) is 0 Å². The molecule has 1 heterocycles. The largest absolute Gasteiger partial charge is 0.383 e. The Labute approximate surface area is 109 Å². The van der Waals surface area contributed by atoms with Crippen LogP contribution in [0.4, 0.5) is 5.82 Å². The number of nitrogen functional groups attached to an aromatic ring is 1. The third kappa shape index (κ3) is 2.52. The average Bonchev–Trinajstić information content (AvgIpc) is 2.32. The highest BCUT2D eigenvalue weighted by Crippen LogP contribution is 2.29. The number of aromatic nitrogens is 1. The monoisotopic (exact) mass is 267 g/mol. The van der Waals surface area contributed by atoms with Gasteiger partial charge < -0.3 is 11.5 Å². The highest BCUT2D eigenvalue weighted by molar-refractivity contribution is 6.31. The van der Waals surface area contributed by atoms with E-state index in [0.29, 0.717) is 21.4 Å². The molecule has 5 heteroatoms. The van der Waals surface area contributed by atoms with Gasteiger partial charge in [-0.3, -0.25) is 0 Å². The van der Waals surface area contributed by atoms with Crippen molar-refractivity contribution in [3.63, 3.8) is 0 Å². The van der Waals surface area contributed by atoms with E-state index in [9.17, 15) is 0 Å². The molecule has 88 valence electrons. The van der Waals surface area contributed by atoms with Gasteiger partial charge in [-0.25, -0.2) is 4.98 Å². The standard InChI is InChI=1S/C12H11Cl2N3/c13-7-5-9(12(16)17-6-7)11(15)8-3-1-2-4-10(8)14/h1-6,11H,15H2,(H2,16,17). The zero-order chi connectivity index (χ0) is 12.4. The van der Waals surface area contributed by atoms with Gasteiger partial charge in [-0.15, -0.1) is 0 Å². The fourth-order valence-electron chi connectivity index (χ4n) is 1.61. The number of hydrogen-bond donors (Lipinski definition) is 2. The summed E-state index contributed by atoms with van der Waals surface area (Å²) in [5, 5.41) is 1.09. The second-order valence-electron chi connectivity index (χ2n) is 3.63. The number of nitrogens with two attached hydrogens (primary N) is 2. The van der Waals surface area contributed by atoms with Crippen LogP contribution in [0.2, 0.25) is 10.0 Å². The van der Waals surface area contributed by atoms with Crippen LogP contribution in [0.3, 0.4) is 0 Å². The molecule has 1 aromatic heterocycles. The first-order chi connectivity index (χ1) is 8.09. The van der Waals surface area contributed by atoms with Gasteiger partial charge in [0.15, 0.2) is 0 Å². The van der Waals surface area contributed by atoms with Crippen molar-refractivity contribution in [2.75, 3.05) is 5.73 Å². The molecule has 0 saturated heterocycles. The summed E-state index contributed by atoms with van der Waals surface area (Å²) in [6.07, 6.45) is 1.49. The van der Waals surface area contributed by atoms with E-state index >= 15 is 0 Å². The lowest BCUT2D eigenvalue weighted by Gasteiger charge is -2.15. The molecule has 1 unspecified atom stereocenters. The smallest absolute Gasteiger partial charge is 0.128 e. The molecule has 0 bridgehead atoms. The summed E-state index contributed by atoms with van der Waals surface area (Å²) in [6.45, 7) is 0. The summed E-state index contributed by atoms with van der Waals surface area (Å²) >= 11 is 12.0. The first-order valence-corrected chi connectivity index (χ1v) is 5.76. The molecule has 1 aromatic carbocycles. The molecule has 0 spiro atoms. The minimum atomic E-state index is -0.435. The Morgan fingerprint density at radius 3 is 2.53 bits per heavy atom. The maximum Gasteiger partial charge on any atom is 0.128 e. The van der Waals surface area contributed by atoms with E-state index < -0.39 is 6.04 Å². The minimum absolute atomic E-state index is 0.363. The molecular weight excluding hydrogens is 257 g/mol. The lowest BCUT2D eigenvalue weighted by atomic mass is 10.0. The van der Waals surface area contributed by atoms with E-state index in [-0.39, 0.29) is 0 Å². The fourth-order valence-corrected chi connectivity index (χ4v) is 2.03. The molecular formula is C12H11Cl2N3. The van der Waals surface area contributed by atoms with Crippen molar-refractivity contribution in [1.82, 2.24) is 4.98 Å². The molecule has 2 rings (SSSR count). The number of benzene rings is 1. The third-order valence-corrected chi connectivity index (χ3v) is 3.04. The van der Waals surface area contributed by atoms with Crippen LogP contribution in [0.5, 0.6) is 0 Å². The predicted octanol–water partition coefficient (Wildman–Crippen LogP) is 3.02. The SMILES string of the molecule is Nc1ncc(Cl)cc1C(N)c1ccccc1Cl. The van der Waals surface area contributed by atoms with E-state index in [4.69, 9.17) is 34.7 Å². The molecule has 0 aliphatic carbocycles. The van der Waals surface area contributed by atoms with E-state index in [2.05, 4.69) is 4.98 Å². The van der Waals surface area contributed by atoms with Gasteiger partial charge in [0, 0.05) is 16.8 Å². The quantitative estimate of drug-likeness (QED) is 0.879. The Morgan fingerprint density at radius 2 is 1.82 bits per heavy atom. The number of rotatable bonds is 2. The fraction of sp³-hybridized carbons (Fsp3) is 0.0833. The molecule has 0 aliphatic heterocycles. The third-order valence-electron chi connectivity index (χ3n) is 2.49. The maximum atomic E-state index is 6.12. The van der Waals surface area contributed by atoms with Crippen LogP contribution in [-0.4, -0.2) is 4.98 Å². The van der Waals surface area contributed by atoms with Crippen LogP contribution < -0.4 is 11.5 Å². The van der Waals surface area contributed by atoms with E-state index in [1.807, 2.05) is 18.2 Å². The topological polar surface area (TPSA) is 64.9 Å². The number of halogens is 2. The summed E-state index contributed by atoms with van der Waals surface area (Å²) in [4.78, 5) is 3.98. The van der Waals surface area contributed by atoms with E-state index in [0.717, 1.165) is 5.56 Å². The molecule has 0 amide bonds. The molecule has 1 atom stereocenters. The summed E-state index contributed by atoms with van der Waals surface area (Å²) < 4.78 is 0. The van der Waals surface area contributed by atoms with Crippen molar-refractivity contribution in [3.8, 4) is 0 Å². The minimum Gasteiger partial charge on any atom is -0.383 e. The number of anilines is 1. The van der Waals surface area contributed by atoms with Gasteiger partial charge in [-0.1, -0.05) is 41.4 Å². The number of nitrogens with zero attached hydrogens (tertiary/aromatic N) is 1.